The summed E-state index contributed by atoms with van der Waals surface area (Å²) in [5.41, 5.74) is 0.669. The molecule has 1 saturated heterocycles. The average Bonchev–Trinajstić information content (AvgIpc) is 2.42. The highest BCUT2D eigenvalue weighted by atomic mass is 35.5. The van der Waals surface area contributed by atoms with Gasteiger partial charge >= 0.3 is 6.03 Å². The van der Waals surface area contributed by atoms with E-state index in [1.165, 1.54) is 6.42 Å². The van der Waals surface area contributed by atoms with Crippen molar-refractivity contribution in [3.63, 3.8) is 0 Å². The number of halogens is 1. The van der Waals surface area contributed by atoms with Gasteiger partial charge in [0.05, 0.1) is 10.7 Å². The molecule has 1 aliphatic heterocycles. The fraction of sp³-hybridized carbons (Fsp3) is 0.500. The number of amides is 2. The van der Waals surface area contributed by atoms with Crippen molar-refractivity contribution in [2.75, 3.05) is 25.5 Å². The molecule has 1 unspecified atom stereocenters. The summed E-state index contributed by atoms with van der Waals surface area (Å²) in [5.74, 6) is 0. The summed E-state index contributed by atoms with van der Waals surface area (Å²) in [5, 5.41) is 6.61. The van der Waals surface area contributed by atoms with Crippen LogP contribution in [0, 0.1) is 0 Å². The van der Waals surface area contributed by atoms with Crippen LogP contribution in [0.2, 0.25) is 5.02 Å². The van der Waals surface area contributed by atoms with E-state index >= 15 is 0 Å². The van der Waals surface area contributed by atoms with Crippen LogP contribution in [0.25, 0.3) is 0 Å². The zero-order chi connectivity index (χ0) is 13.7. The van der Waals surface area contributed by atoms with Gasteiger partial charge in [0.15, 0.2) is 0 Å². The topological polar surface area (TPSA) is 44.4 Å². The Bertz CT molecular complexity index is 436. The molecule has 4 nitrogen and oxygen atoms in total. The molecule has 1 fully saturated rings. The number of urea groups is 1. The molecule has 2 rings (SSSR count). The number of carbonyl (C=O) groups excluding carboxylic acids is 1. The van der Waals surface area contributed by atoms with Gasteiger partial charge in [-0.1, -0.05) is 23.7 Å². The fourth-order valence-corrected chi connectivity index (χ4v) is 2.65. The summed E-state index contributed by atoms with van der Waals surface area (Å²) < 4.78 is 0. The van der Waals surface area contributed by atoms with E-state index in [9.17, 15) is 4.79 Å². The third-order valence-electron chi connectivity index (χ3n) is 3.44. The lowest BCUT2D eigenvalue weighted by molar-refractivity contribution is 0.162. The summed E-state index contributed by atoms with van der Waals surface area (Å²) in [4.78, 5) is 14.2. The van der Waals surface area contributed by atoms with Crippen molar-refractivity contribution >= 4 is 23.3 Å². The second-order valence-electron chi connectivity index (χ2n) is 4.81. The van der Waals surface area contributed by atoms with Gasteiger partial charge in [-0.05, 0) is 38.4 Å². The van der Waals surface area contributed by atoms with Crippen molar-refractivity contribution in [1.29, 1.82) is 0 Å². The van der Waals surface area contributed by atoms with Crippen molar-refractivity contribution in [3.8, 4) is 0 Å². The molecule has 1 aliphatic rings. The predicted molar refractivity (Wildman–Crippen MR) is 78.7 cm³/mol. The van der Waals surface area contributed by atoms with Crippen molar-refractivity contribution in [1.82, 2.24) is 10.2 Å². The van der Waals surface area contributed by atoms with Gasteiger partial charge < -0.3 is 15.5 Å². The highest BCUT2D eigenvalue weighted by Gasteiger charge is 2.26. The first-order valence-electron chi connectivity index (χ1n) is 6.69. The molecule has 1 aromatic rings. The number of likely N-dealkylation sites (N-methyl/N-ethyl adjacent to an activating group) is 1. The second kappa shape index (κ2) is 6.78. The SMILES string of the molecule is CNCC1CCCCN1C(=O)Nc1ccccc1Cl. The van der Waals surface area contributed by atoms with Gasteiger partial charge in [-0.2, -0.15) is 0 Å². The van der Waals surface area contributed by atoms with E-state index in [2.05, 4.69) is 10.6 Å². The molecular formula is C14H20ClN3O. The molecule has 0 spiro atoms. The Morgan fingerprint density at radius 3 is 2.95 bits per heavy atom. The van der Waals surface area contributed by atoms with Crippen LogP contribution in [0.5, 0.6) is 0 Å². The smallest absolute Gasteiger partial charge is 0.320 e. The van der Waals surface area contributed by atoms with E-state index < -0.39 is 0 Å². The number of hydrogen-bond acceptors (Lipinski definition) is 2. The standard InChI is InChI=1S/C14H20ClN3O/c1-16-10-11-6-4-5-9-18(11)14(19)17-13-8-3-2-7-12(13)15/h2-3,7-8,11,16H,4-6,9-10H2,1H3,(H,17,19). The number of anilines is 1. The molecule has 0 bridgehead atoms. The van der Waals surface area contributed by atoms with E-state index in [1.807, 2.05) is 30.1 Å². The minimum atomic E-state index is -0.0620. The van der Waals surface area contributed by atoms with Crippen LogP contribution < -0.4 is 10.6 Å². The lowest BCUT2D eigenvalue weighted by atomic mass is 10.0. The van der Waals surface area contributed by atoms with Gasteiger partial charge in [-0.3, -0.25) is 0 Å². The molecule has 1 atom stereocenters. The Balaban J connectivity index is 2.03. The number of piperidine rings is 1. The first-order chi connectivity index (χ1) is 9.22. The van der Waals surface area contributed by atoms with Crippen molar-refractivity contribution < 1.29 is 4.79 Å². The lowest BCUT2D eigenvalue weighted by Gasteiger charge is -2.35. The van der Waals surface area contributed by atoms with Crippen LogP contribution in [0.15, 0.2) is 24.3 Å². The third-order valence-corrected chi connectivity index (χ3v) is 3.77. The molecule has 104 valence electrons. The molecule has 2 amide bonds. The van der Waals surface area contributed by atoms with Gasteiger partial charge in [-0.25, -0.2) is 4.79 Å². The highest BCUT2D eigenvalue weighted by Crippen LogP contribution is 2.23. The number of carbonyl (C=O) groups is 1. The molecule has 2 N–H and O–H groups in total. The van der Waals surface area contributed by atoms with Gasteiger partial charge in [0.25, 0.3) is 0 Å². The monoisotopic (exact) mass is 281 g/mol. The largest absolute Gasteiger partial charge is 0.322 e. The zero-order valence-corrected chi connectivity index (χ0v) is 11.9. The number of likely N-dealkylation sites (tertiary alicyclic amines) is 1. The molecule has 1 heterocycles. The number of para-hydroxylation sites is 1. The molecule has 0 aromatic heterocycles. The summed E-state index contributed by atoms with van der Waals surface area (Å²) in [6.45, 7) is 1.64. The van der Waals surface area contributed by atoms with Crippen LogP contribution in [-0.4, -0.2) is 37.1 Å². The number of nitrogens with zero attached hydrogens (tertiary/aromatic N) is 1. The minimum absolute atomic E-state index is 0.0620. The molecular weight excluding hydrogens is 262 g/mol. The summed E-state index contributed by atoms with van der Waals surface area (Å²) in [6, 6.07) is 7.51. The maximum atomic E-state index is 12.3. The number of nitrogens with one attached hydrogen (secondary N) is 2. The average molecular weight is 282 g/mol. The van der Waals surface area contributed by atoms with E-state index in [-0.39, 0.29) is 12.1 Å². The molecule has 0 radical (unpaired) electrons. The zero-order valence-electron chi connectivity index (χ0n) is 11.2. The van der Waals surface area contributed by atoms with Crippen LogP contribution in [-0.2, 0) is 0 Å². The summed E-state index contributed by atoms with van der Waals surface area (Å²) in [6.07, 6.45) is 3.30. The van der Waals surface area contributed by atoms with E-state index in [0.717, 1.165) is 25.9 Å². The Morgan fingerprint density at radius 1 is 1.42 bits per heavy atom. The Labute approximate surface area is 119 Å². The van der Waals surface area contributed by atoms with Crippen LogP contribution >= 0.6 is 11.6 Å². The minimum Gasteiger partial charge on any atom is -0.320 e. The summed E-state index contributed by atoms with van der Waals surface area (Å²) in [7, 11) is 1.92. The second-order valence-corrected chi connectivity index (χ2v) is 5.22. The molecule has 0 aliphatic carbocycles. The number of rotatable bonds is 3. The maximum absolute atomic E-state index is 12.3. The van der Waals surface area contributed by atoms with E-state index in [0.29, 0.717) is 10.7 Å². The molecule has 1 aromatic carbocycles. The van der Waals surface area contributed by atoms with Gasteiger partial charge in [0.2, 0.25) is 0 Å². The number of benzene rings is 1. The first kappa shape index (κ1) is 14.2. The van der Waals surface area contributed by atoms with E-state index in [1.54, 1.807) is 6.07 Å². The molecule has 19 heavy (non-hydrogen) atoms. The first-order valence-corrected chi connectivity index (χ1v) is 7.07. The Hall–Kier alpha value is -1.26. The molecule has 0 saturated carbocycles. The molecule has 5 heteroatoms. The maximum Gasteiger partial charge on any atom is 0.322 e. The van der Waals surface area contributed by atoms with Gasteiger partial charge in [0.1, 0.15) is 0 Å². The lowest BCUT2D eigenvalue weighted by Crippen LogP contribution is -2.49. The number of hydrogen-bond donors (Lipinski definition) is 2. The highest BCUT2D eigenvalue weighted by molar-refractivity contribution is 6.33. The normalized spacial score (nSPS) is 19.3. The van der Waals surface area contributed by atoms with Gasteiger partial charge in [-0.15, -0.1) is 0 Å². The fourth-order valence-electron chi connectivity index (χ4n) is 2.47. The van der Waals surface area contributed by atoms with Gasteiger partial charge in [0, 0.05) is 19.1 Å². The van der Waals surface area contributed by atoms with Crippen molar-refractivity contribution in [2.45, 2.75) is 25.3 Å². The quantitative estimate of drug-likeness (QED) is 0.895. The van der Waals surface area contributed by atoms with Crippen LogP contribution in [0.3, 0.4) is 0 Å². The summed E-state index contributed by atoms with van der Waals surface area (Å²) >= 11 is 6.06. The predicted octanol–water partition coefficient (Wildman–Crippen LogP) is 2.95. The Morgan fingerprint density at radius 2 is 2.21 bits per heavy atom. The Kier molecular flexibility index (Phi) is 5.05. The van der Waals surface area contributed by atoms with Crippen LogP contribution in [0.1, 0.15) is 19.3 Å². The van der Waals surface area contributed by atoms with Crippen molar-refractivity contribution in [3.05, 3.63) is 29.3 Å². The van der Waals surface area contributed by atoms with Crippen LogP contribution in [0.4, 0.5) is 10.5 Å². The van der Waals surface area contributed by atoms with Crippen molar-refractivity contribution in [2.24, 2.45) is 0 Å². The third kappa shape index (κ3) is 3.61. The van der Waals surface area contributed by atoms with E-state index in [4.69, 9.17) is 11.6 Å².